The second-order valence-electron chi connectivity index (χ2n) is 8.07. The summed E-state index contributed by atoms with van der Waals surface area (Å²) in [7, 11) is 3.67. The molecule has 3 rings (SSSR count). The number of carboxylic acids is 1. The topological polar surface area (TPSA) is 93.6 Å². The molecule has 0 aromatic heterocycles. The second kappa shape index (κ2) is 12.2. The Morgan fingerprint density at radius 3 is 2.42 bits per heavy atom. The van der Waals surface area contributed by atoms with Gasteiger partial charge in [0.15, 0.2) is 0 Å². The zero-order valence-corrected chi connectivity index (χ0v) is 18.8. The molecule has 0 bridgehead atoms. The first-order chi connectivity index (χ1) is 15.0. The largest absolute Gasteiger partial charge is 0.481 e. The summed E-state index contributed by atoms with van der Waals surface area (Å²) in [5.74, 6) is -1.19. The average molecular weight is 423 g/mol. The molecule has 0 amide bonds. The highest BCUT2D eigenvalue weighted by Gasteiger charge is 2.14. The van der Waals surface area contributed by atoms with E-state index in [0.717, 1.165) is 49.4 Å². The lowest BCUT2D eigenvalue weighted by atomic mass is 9.95. The van der Waals surface area contributed by atoms with Crippen LogP contribution in [0.4, 0.5) is 0 Å². The summed E-state index contributed by atoms with van der Waals surface area (Å²) < 4.78 is 0. The molecule has 0 radical (unpaired) electrons. The molecule has 0 aliphatic carbocycles. The Kier molecular flexibility index (Phi) is 9.67. The van der Waals surface area contributed by atoms with Crippen LogP contribution in [0.25, 0.3) is 11.1 Å². The highest BCUT2D eigenvalue weighted by atomic mass is 16.4. The van der Waals surface area contributed by atoms with Crippen LogP contribution in [0.3, 0.4) is 0 Å². The smallest absolute Gasteiger partial charge is 0.306 e. The first-order valence-electron chi connectivity index (χ1n) is 10.8. The van der Waals surface area contributed by atoms with Gasteiger partial charge < -0.3 is 15.7 Å². The average Bonchev–Trinajstić information content (AvgIpc) is 2.99. The van der Waals surface area contributed by atoms with Crippen LogP contribution in [-0.2, 0) is 17.8 Å². The summed E-state index contributed by atoms with van der Waals surface area (Å²) in [4.78, 5) is 15.9. The fraction of sp³-hybridized carbons (Fsp3) is 0.440. The van der Waals surface area contributed by atoms with Crippen molar-refractivity contribution >= 4 is 5.97 Å². The minimum Gasteiger partial charge on any atom is -0.481 e. The molecule has 2 aromatic carbocycles. The summed E-state index contributed by atoms with van der Waals surface area (Å²) in [6.45, 7) is 6.94. The van der Waals surface area contributed by atoms with Gasteiger partial charge in [0, 0.05) is 19.6 Å². The third-order valence-electron chi connectivity index (χ3n) is 5.65. The van der Waals surface area contributed by atoms with Gasteiger partial charge >= 0.3 is 5.97 Å². The Balaban J connectivity index is 0.00000166. The SMILES string of the molecule is CC(Cc1ccc(-c2ccc(CN3CCCN(C)CC3)cc2C#N)cc1)C(=O)O.CN. The second-order valence-corrected chi connectivity index (χ2v) is 8.07. The number of carbonyl (C=O) groups is 1. The Morgan fingerprint density at radius 1 is 1.10 bits per heavy atom. The summed E-state index contributed by atoms with van der Waals surface area (Å²) in [5.41, 5.74) is 9.24. The van der Waals surface area contributed by atoms with E-state index in [9.17, 15) is 10.1 Å². The van der Waals surface area contributed by atoms with Gasteiger partial charge in [0.2, 0.25) is 0 Å². The van der Waals surface area contributed by atoms with E-state index in [-0.39, 0.29) is 0 Å². The van der Waals surface area contributed by atoms with E-state index in [4.69, 9.17) is 5.11 Å². The van der Waals surface area contributed by atoms with Crippen molar-refractivity contribution in [1.29, 1.82) is 5.26 Å². The van der Waals surface area contributed by atoms with Crippen molar-refractivity contribution in [1.82, 2.24) is 9.80 Å². The molecule has 1 atom stereocenters. The molecule has 1 unspecified atom stereocenters. The number of carboxylic acid groups (broad SMARTS) is 1. The van der Waals surface area contributed by atoms with E-state index in [1.807, 2.05) is 36.4 Å². The van der Waals surface area contributed by atoms with Crippen LogP contribution >= 0.6 is 0 Å². The van der Waals surface area contributed by atoms with Gasteiger partial charge in [-0.25, -0.2) is 0 Å². The van der Waals surface area contributed by atoms with Crippen molar-refractivity contribution in [3.8, 4) is 17.2 Å². The highest BCUT2D eigenvalue weighted by Crippen LogP contribution is 2.26. The minimum atomic E-state index is -0.785. The van der Waals surface area contributed by atoms with Crippen molar-refractivity contribution in [2.45, 2.75) is 26.3 Å². The molecular formula is C25H34N4O2. The molecule has 166 valence electrons. The van der Waals surface area contributed by atoms with E-state index in [1.165, 1.54) is 19.0 Å². The summed E-state index contributed by atoms with van der Waals surface area (Å²) >= 11 is 0. The number of nitrogens with zero attached hydrogens (tertiary/aromatic N) is 3. The molecule has 31 heavy (non-hydrogen) atoms. The molecule has 0 spiro atoms. The fourth-order valence-electron chi connectivity index (χ4n) is 3.81. The van der Waals surface area contributed by atoms with Crippen LogP contribution in [0.5, 0.6) is 0 Å². The van der Waals surface area contributed by atoms with Crippen molar-refractivity contribution in [2.75, 3.05) is 40.3 Å². The Bertz CT molecular complexity index is 889. The zero-order valence-electron chi connectivity index (χ0n) is 18.8. The van der Waals surface area contributed by atoms with Crippen molar-refractivity contribution < 1.29 is 9.90 Å². The van der Waals surface area contributed by atoms with Gasteiger partial charge in [-0.2, -0.15) is 5.26 Å². The Morgan fingerprint density at radius 2 is 1.77 bits per heavy atom. The summed E-state index contributed by atoms with van der Waals surface area (Å²) in [6, 6.07) is 16.4. The quantitative estimate of drug-likeness (QED) is 0.743. The number of benzene rings is 2. The standard InChI is InChI=1S/C24H29N3O2.CH5N/c1-18(24(28)29)14-19-4-7-21(8-5-19)23-9-6-20(15-22(23)16-25)17-27-11-3-10-26(2)12-13-27;1-2/h4-9,15,18H,3,10-14,17H2,1-2H3,(H,28,29);2H2,1H3. The summed E-state index contributed by atoms with van der Waals surface area (Å²) in [5, 5.41) is 18.8. The van der Waals surface area contributed by atoms with Crippen LogP contribution in [-0.4, -0.2) is 61.2 Å². The number of likely N-dealkylation sites (N-methyl/N-ethyl adjacent to an activating group) is 1. The van der Waals surface area contributed by atoms with Gasteiger partial charge in [0.05, 0.1) is 17.6 Å². The van der Waals surface area contributed by atoms with E-state index < -0.39 is 11.9 Å². The molecule has 1 aliphatic rings. The number of hydrogen-bond acceptors (Lipinski definition) is 5. The van der Waals surface area contributed by atoms with Gasteiger partial charge in [0.1, 0.15) is 0 Å². The lowest BCUT2D eigenvalue weighted by molar-refractivity contribution is -0.141. The van der Waals surface area contributed by atoms with Gasteiger partial charge in [-0.3, -0.25) is 9.69 Å². The predicted molar refractivity (Wildman–Crippen MR) is 125 cm³/mol. The zero-order chi connectivity index (χ0) is 22.8. The molecule has 1 saturated heterocycles. The van der Waals surface area contributed by atoms with Gasteiger partial charge in [-0.1, -0.05) is 43.3 Å². The van der Waals surface area contributed by atoms with Crippen LogP contribution in [0, 0.1) is 17.2 Å². The maximum atomic E-state index is 11.0. The van der Waals surface area contributed by atoms with E-state index in [0.29, 0.717) is 12.0 Å². The van der Waals surface area contributed by atoms with Gasteiger partial charge in [0.25, 0.3) is 0 Å². The number of nitriles is 1. The van der Waals surface area contributed by atoms with E-state index in [1.54, 1.807) is 6.92 Å². The maximum absolute atomic E-state index is 11.0. The number of hydrogen-bond donors (Lipinski definition) is 2. The number of nitrogens with two attached hydrogens (primary N) is 1. The molecule has 6 heteroatoms. The lowest BCUT2D eigenvalue weighted by Crippen LogP contribution is -2.28. The molecule has 6 nitrogen and oxygen atoms in total. The van der Waals surface area contributed by atoms with Gasteiger partial charge in [-0.15, -0.1) is 0 Å². The molecule has 1 heterocycles. The van der Waals surface area contributed by atoms with E-state index in [2.05, 4.69) is 34.7 Å². The highest BCUT2D eigenvalue weighted by molar-refractivity contribution is 5.72. The van der Waals surface area contributed by atoms with Crippen molar-refractivity contribution in [2.24, 2.45) is 11.7 Å². The molecule has 1 fully saturated rings. The van der Waals surface area contributed by atoms with Crippen LogP contribution in [0.15, 0.2) is 42.5 Å². The lowest BCUT2D eigenvalue weighted by Gasteiger charge is -2.20. The van der Waals surface area contributed by atoms with Crippen LogP contribution < -0.4 is 5.73 Å². The third-order valence-corrected chi connectivity index (χ3v) is 5.65. The first-order valence-corrected chi connectivity index (χ1v) is 10.8. The third kappa shape index (κ3) is 7.18. The number of rotatable bonds is 6. The Hall–Kier alpha value is -2.72. The first kappa shape index (κ1) is 24.5. The normalized spacial score (nSPS) is 15.8. The molecule has 1 aliphatic heterocycles. The molecular weight excluding hydrogens is 388 g/mol. The monoisotopic (exact) mass is 422 g/mol. The van der Waals surface area contributed by atoms with Crippen molar-refractivity contribution in [3.05, 3.63) is 59.2 Å². The Labute approximate surface area is 185 Å². The van der Waals surface area contributed by atoms with E-state index >= 15 is 0 Å². The minimum absolute atomic E-state index is 0.409. The summed E-state index contributed by atoms with van der Waals surface area (Å²) in [6.07, 6.45) is 1.68. The van der Waals surface area contributed by atoms with Crippen LogP contribution in [0.1, 0.15) is 30.0 Å². The molecule has 2 aromatic rings. The molecule has 3 N–H and O–H groups in total. The number of aliphatic carboxylic acids is 1. The predicted octanol–water partition coefficient (Wildman–Crippen LogP) is 3.20. The fourth-order valence-corrected chi connectivity index (χ4v) is 3.81. The van der Waals surface area contributed by atoms with Gasteiger partial charge in [-0.05, 0) is 68.3 Å². The van der Waals surface area contributed by atoms with Crippen molar-refractivity contribution in [3.63, 3.8) is 0 Å². The van der Waals surface area contributed by atoms with Crippen LogP contribution in [0.2, 0.25) is 0 Å². The molecule has 0 saturated carbocycles. The maximum Gasteiger partial charge on any atom is 0.306 e.